The Morgan fingerprint density at radius 1 is 0.688 bits per heavy atom. The van der Waals surface area contributed by atoms with Gasteiger partial charge in [-0.25, -0.2) is 4.79 Å². The number of aromatic amines is 1. The van der Waals surface area contributed by atoms with Gasteiger partial charge in [-0.3, -0.25) is 53.1 Å². The molecule has 7 atom stereocenters. The summed E-state index contributed by atoms with van der Waals surface area (Å²) in [4.78, 5) is 148. The SMILES string of the molecule is CC(=O)NCC[C@@H]1NC(=O)[C@@H](NC(=O)[C@H](CCCN=C(N)N)NC(C)=O)CC(=O)NCCCC[C@@H](C(=O)O)NC(=O)[C@H](Cc2c[nH]c3ccccc23)NC(=O)[C@H](CCCN=C(N)N)NC(=O)[C@@H](Cc2ccccc2)NC1=O. The Kier molecular flexibility index (Phi) is 24.6. The zero-order valence-electron chi connectivity index (χ0n) is 43.2. The Labute approximate surface area is 444 Å². The van der Waals surface area contributed by atoms with E-state index < -0.39 is 108 Å². The average Bonchev–Trinajstić information content (AvgIpc) is 3.79. The van der Waals surface area contributed by atoms with E-state index in [1.165, 1.54) is 13.8 Å². The van der Waals surface area contributed by atoms with Crippen molar-refractivity contribution in [1.82, 2.24) is 52.8 Å². The standard InChI is InChI=1S/C50H72N16O11/c1-28(67)55-23-19-36-44(72)64-38(24-30-12-4-3-5-13-30)45(73)61-35(18-11-22-58-50(53)54)43(71)65-39(25-31-27-59-33-15-7-6-14-32(31)33)46(74)63-37(48(76)77)16-8-9-20-56-41(69)26-40(47(75)62-36)66-42(70)34(60-29(2)68)17-10-21-57-49(51)52/h3-7,12-15,27,34-40,59H,8-11,16-26H2,1-2H3,(H,55,67)(H,56,69)(H,60,68)(H,61,73)(H,62,75)(H,63,74)(H,64,72)(H,65,71)(H,66,70)(H,76,77)(H4,51,52,57)(H4,53,54,58)/t34-,35-,36-,37-,38+,39-,40-/m0/s1. The number of H-pyrrole nitrogens is 1. The fourth-order valence-corrected chi connectivity index (χ4v) is 8.30. The van der Waals surface area contributed by atoms with E-state index in [4.69, 9.17) is 22.9 Å². The number of aliphatic imine (C=N–C) groups is 2. The molecule has 2 heterocycles. The summed E-state index contributed by atoms with van der Waals surface area (Å²) in [6.07, 6.45) is 0.842. The maximum atomic E-state index is 14.7. The molecule has 0 bridgehead atoms. The highest BCUT2D eigenvalue weighted by atomic mass is 16.4. The third-order valence-electron chi connectivity index (χ3n) is 12.2. The quantitative estimate of drug-likeness (QED) is 0.0319. The molecule has 1 aromatic heterocycles. The molecule has 27 heteroatoms. The van der Waals surface area contributed by atoms with Crippen LogP contribution < -0.4 is 70.8 Å². The van der Waals surface area contributed by atoms with Crippen LogP contribution in [-0.4, -0.2) is 150 Å². The monoisotopic (exact) mass is 1070 g/mol. The minimum atomic E-state index is -1.69. The summed E-state index contributed by atoms with van der Waals surface area (Å²) < 4.78 is 0. The molecule has 0 radical (unpaired) electrons. The number of aliphatic carboxylic acids is 1. The minimum absolute atomic E-state index is 0.00331. The lowest BCUT2D eigenvalue weighted by Gasteiger charge is -2.28. The predicted molar refractivity (Wildman–Crippen MR) is 284 cm³/mol. The number of hydrogen-bond acceptors (Lipinski definition) is 12. The molecular weight excluding hydrogens is 1000 g/mol. The molecule has 27 nitrogen and oxygen atoms in total. The highest BCUT2D eigenvalue weighted by molar-refractivity contribution is 5.99. The molecule has 0 saturated carbocycles. The number of hydrogen-bond donors (Lipinski definition) is 15. The van der Waals surface area contributed by atoms with Crippen LogP contribution in [0.2, 0.25) is 0 Å². The van der Waals surface area contributed by atoms with Crippen molar-refractivity contribution in [3.05, 3.63) is 71.9 Å². The van der Waals surface area contributed by atoms with E-state index in [0.717, 1.165) is 10.9 Å². The first-order chi connectivity index (χ1) is 36.7. The smallest absolute Gasteiger partial charge is 0.326 e. The van der Waals surface area contributed by atoms with Gasteiger partial charge in [-0.2, -0.15) is 0 Å². The second-order valence-electron chi connectivity index (χ2n) is 18.4. The summed E-state index contributed by atoms with van der Waals surface area (Å²) in [5.41, 5.74) is 23.9. The van der Waals surface area contributed by atoms with Crippen LogP contribution >= 0.6 is 0 Å². The van der Waals surface area contributed by atoms with Crippen LogP contribution in [0.15, 0.2) is 70.8 Å². The van der Waals surface area contributed by atoms with Crippen molar-refractivity contribution in [1.29, 1.82) is 0 Å². The number of amides is 9. The first-order valence-electron chi connectivity index (χ1n) is 25.2. The van der Waals surface area contributed by atoms with Crippen LogP contribution in [0, 0.1) is 0 Å². The van der Waals surface area contributed by atoms with Crippen molar-refractivity contribution in [2.45, 2.75) is 127 Å². The zero-order chi connectivity index (χ0) is 56.4. The van der Waals surface area contributed by atoms with Gasteiger partial charge >= 0.3 is 5.97 Å². The van der Waals surface area contributed by atoms with E-state index in [9.17, 15) is 53.1 Å². The molecular formula is C50H72N16O11. The number of benzene rings is 2. The normalized spacial score (nSPS) is 20.8. The fourth-order valence-electron chi connectivity index (χ4n) is 8.30. The van der Waals surface area contributed by atoms with Gasteiger partial charge < -0.3 is 80.9 Å². The number of para-hydroxylation sites is 1. The highest BCUT2D eigenvalue weighted by Gasteiger charge is 2.35. The number of nitrogens with one attached hydrogen (secondary N) is 10. The summed E-state index contributed by atoms with van der Waals surface area (Å²) in [5.74, 6) is -9.08. The van der Waals surface area contributed by atoms with Gasteiger partial charge in [0.05, 0.1) is 6.42 Å². The Morgan fingerprint density at radius 3 is 1.92 bits per heavy atom. The average molecular weight is 1070 g/mol. The van der Waals surface area contributed by atoms with Crippen molar-refractivity contribution < 1.29 is 53.1 Å². The van der Waals surface area contributed by atoms with Crippen LogP contribution in [0.3, 0.4) is 0 Å². The maximum absolute atomic E-state index is 14.7. The first kappa shape index (κ1) is 60.8. The van der Waals surface area contributed by atoms with E-state index in [1.54, 1.807) is 48.7 Å². The Morgan fingerprint density at radius 2 is 1.27 bits per heavy atom. The summed E-state index contributed by atoms with van der Waals surface area (Å²) in [5, 5.41) is 34.4. The van der Waals surface area contributed by atoms with E-state index in [1.807, 2.05) is 12.1 Å². The lowest BCUT2D eigenvalue weighted by Crippen LogP contribution is -2.61. The van der Waals surface area contributed by atoms with Crippen LogP contribution in [0.4, 0.5) is 0 Å². The van der Waals surface area contributed by atoms with Crippen LogP contribution in [0.5, 0.6) is 0 Å². The molecule has 3 aromatic rings. The van der Waals surface area contributed by atoms with Gasteiger partial charge in [0.2, 0.25) is 53.2 Å². The summed E-state index contributed by atoms with van der Waals surface area (Å²) in [6, 6.07) is 5.48. The molecule has 77 heavy (non-hydrogen) atoms. The molecule has 418 valence electrons. The second kappa shape index (κ2) is 31.2. The first-order valence-corrected chi connectivity index (χ1v) is 25.2. The van der Waals surface area contributed by atoms with E-state index in [2.05, 4.69) is 62.8 Å². The van der Waals surface area contributed by atoms with Crippen LogP contribution in [0.25, 0.3) is 10.9 Å². The van der Waals surface area contributed by atoms with E-state index >= 15 is 0 Å². The Balaban J connectivity index is 1.79. The molecule has 1 aliphatic heterocycles. The van der Waals surface area contributed by atoms with Gasteiger partial charge in [-0.05, 0) is 68.6 Å². The Hall–Kier alpha value is -8.78. The van der Waals surface area contributed by atoms with Crippen molar-refractivity contribution in [2.75, 3.05) is 26.2 Å². The van der Waals surface area contributed by atoms with Gasteiger partial charge in [-0.1, -0.05) is 48.5 Å². The summed E-state index contributed by atoms with van der Waals surface area (Å²) >= 11 is 0. The molecule has 19 N–H and O–H groups in total. The number of carbonyl (C=O) groups excluding carboxylic acids is 9. The predicted octanol–water partition coefficient (Wildman–Crippen LogP) is -3.23. The lowest BCUT2D eigenvalue weighted by atomic mass is 10.0. The number of nitrogens with zero attached hydrogens (tertiary/aromatic N) is 2. The number of fused-ring (bicyclic) bond motifs is 1. The fraction of sp³-hybridized carbons (Fsp3) is 0.480. The molecule has 4 rings (SSSR count). The molecule has 0 spiro atoms. The number of guanidine groups is 2. The molecule has 0 unspecified atom stereocenters. The van der Waals surface area contributed by atoms with Crippen molar-refractivity contribution in [3.8, 4) is 0 Å². The van der Waals surface area contributed by atoms with E-state index in [-0.39, 0.29) is 102 Å². The zero-order valence-corrected chi connectivity index (χ0v) is 43.2. The van der Waals surface area contributed by atoms with Gasteiger partial charge in [0, 0.05) is 70.0 Å². The third-order valence-corrected chi connectivity index (χ3v) is 12.2. The number of aromatic nitrogens is 1. The third kappa shape index (κ3) is 21.5. The minimum Gasteiger partial charge on any atom is -0.480 e. The molecule has 1 aliphatic rings. The maximum Gasteiger partial charge on any atom is 0.326 e. The Bertz CT molecular complexity index is 2600. The summed E-state index contributed by atoms with van der Waals surface area (Å²) in [7, 11) is 0. The van der Waals surface area contributed by atoms with Crippen molar-refractivity contribution >= 4 is 82.0 Å². The van der Waals surface area contributed by atoms with E-state index in [0.29, 0.717) is 11.1 Å². The highest BCUT2D eigenvalue weighted by Crippen LogP contribution is 2.20. The number of carboxylic acids is 1. The summed E-state index contributed by atoms with van der Waals surface area (Å²) in [6.45, 7) is 2.30. The van der Waals surface area contributed by atoms with Gasteiger partial charge in [-0.15, -0.1) is 0 Å². The van der Waals surface area contributed by atoms with Crippen LogP contribution in [0.1, 0.15) is 82.8 Å². The van der Waals surface area contributed by atoms with Crippen molar-refractivity contribution in [3.63, 3.8) is 0 Å². The molecule has 0 aliphatic carbocycles. The van der Waals surface area contributed by atoms with Crippen molar-refractivity contribution in [2.24, 2.45) is 32.9 Å². The number of carboxylic acid groups (broad SMARTS) is 1. The number of carbonyl (C=O) groups is 10. The topological polar surface area (TPSA) is 444 Å². The van der Waals surface area contributed by atoms with Crippen LogP contribution in [-0.2, 0) is 60.8 Å². The molecule has 9 amide bonds. The molecule has 2 aromatic carbocycles. The lowest BCUT2D eigenvalue weighted by molar-refractivity contribution is -0.142. The number of nitrogens with two attached hydrogens (primary N) is 4. The molecule has 1 saturated heterocycles. The second-order valence-corrected chi connectivity index (χ2v) is 18.4. The van der Waals surface area contributed by atoms with Gasteiger partial charge in [0.15, 0.2) is 11.9 Å². The largest absolute Gasteiger partial charge is 0.480 e. The number of rotatable bonds is 19. The molecule has 1 fully saturated rings. The van der Waals surface area contributed by atoms with Gasteiger partial charge in [0.25, 0.3) is 0 Å². The van der Waals surface area contributed by atoms with Gasteiger partial charge in [0.1, 0.15) is 42.3 Å².